The topological polar surface area (TPSA) is 12.0 Å². The van der Waals surface area contributed by atoms with Crippen molar-refractivity contribution in [2.45, 2.75) is 38.5 Å². The summed E-state index contributed by atoms with van der Waals surface area (Å²) in [5, 5.41) is 3.59. The predicted molar refractivity (Wildman–Crippen MR) is 69.7 cm³/mol. The van der Waals surface area contributed by atoms with Gasteiger partial charge in [-0.1, -0.05) is 43.7 Å². The van der Waals surface area contributed by atoms with Gasteiger partial charge in [0.15, 0.2) is 0 Å². The van der Waals surface area contributed by atoms with Crippen molar-refractivity contribution >= 4 is 0 Å². The Labute approximate surface area is 99.3 Å². The quantitative estimate of drug-likeness (QED) is 0.718. The van der Waals surface area contributed by atoms with Crippen LogP contribution in [-0.4, -0.2) is 13.1 Å². The highest BCUT2D eigenvalue weighted by Gasteiger charge is 2.16. The van der Waals surface area contributed by atoms with E-state index in [0.29, 0.717) is 5.92 Å². The summed E-state index contributed by atoms with van der Waals surface area (Å²) in [6, 6.07) is 10.8. The van der Waals surface area contributed by atoms with Crippen LogP contribution in [-0.2, 0) is 0 Å². The molecule has 1 nitrogen and oxygen atoms in total. The predicted octanol–water partition coefficient (Wildman–Crippen LogP) is 3.57. The van der Waals surface area contributed by atoms with Gasteiger partial charge in [-0.3, -0.25) is 0 Å². The molecule has 1 aliphatic rings. The maximum absolute atomic E-state index is 3.59. The van der Waals surface area contributed by atoms with Crippen molar-refractivity contribution in [3.63, 3.8) is 0 Å². The monoisotopic (exact) mass is 217 g/mol. The van der Waals surface area contributed by atoms with Crippen LogP contribution in [0, 0.1) is 5.92 Å². The Morgan fingerprint density at radius 1 is 1.25 bits per heavy atom. The van der Waals surface area contributed by atoms with Crippen molar-refractivity contribution in [2.24, 2.45) is 5.92 Å². The van der Waals surface area contributed by atoms with Gasteiger partial charge in [0.25, 0.3) is 0 Å². The zero-order valence-corrected chi connectivity index (χ0v) is 10.3. The van der Waals surface area contributed by atoms with E-state index in [9.17, 15) is 0 Å². The number of hydrogen-bond donors (Lipinski definition) is 1. The third-order valence-electron chi connectivity index (χ3n) is 3.78. The second kappa shape index (κ2) is 6.05. The molecule has 0 aliphatic heterocycles. The summed E-state index contributed by atoms with van der Waals surface area (Å²) in [5.41, 5.74) is 1.47. The fourth-order valence-corrected chi connectivity index (χ4v) is 2.27. The fraction of sp³-hybridized carbons (Fsp3) is 0.600. The van der Waals surface area contributed by atoms with Gasteiger partial charge >= 0.3 is 0 Å². The van der Waals surface area contributed by atoms with E-state index in [4.69, 9.17) is 0 Å². The van der Waals surface area contributed by atoms with Gasteiger partial charge in [-0.15, -0.1) is 0 Å². The third kappa shape index (κ3) is 3.34. The van der Waals surface area contributed by atoms with Gasteiger partial charge in [-0.2, -0.15) is 0 Å². The van der Waals surface area contributed by atoms with Crippen LogP contribution in [0.3, 0.4) is 0 Å². The number of rotatable bonds is 6. The fourth-order valence-electron chi connectivity index (χ4n) is 2.27. The molecule has 0 radical (unpaired) electrons. The maximum Gasteiger partial charge on any atom is -0.00205 e. The van der Waals surface area contributed by atoms with E-state index >= 15 is 0 Å². The first-order chi connectivity index (χ1) is 7.86. The zero-order valence-electron chi connectivity index (χ0n) is 10.3. The molecule has 1 saturated carbocycles. The molecule has 1 fully saturated rings. The minimum Gasteiger partial charge on any atom is -0.316 e. The molecule has 1 aromatic rings. The van der Waals surface area contributed by atoms with Crippen molar-refractivity contribution in [2.75, 3.05) is 13.1 Å². The maximum atomic E-state index is 3.59. The Hall–Kier alpha value is -0.820. The van der Waals surface area contributed by atoms with Gasteiger partial charge in [0.1, 0.15) is 0 Å². The molecule has 1 heteroatoms. The van der Waals surface area contributed by atoms with Crippen LogP contribution in [0.5, 0.6) is 0 Å². The van der Waals surface area contributed by atoms with Gasteiger partial charge in [-0.05, 0) is 49.8 Å². The molecule has 1 atom stereocenters. The highest BCUT2D eigenvalue weighted by molar-refractivity contribution is 5.18. The molecule has 0 amide bonds. The van der Waals surface area contributed by atoms with Crippen molar-refractivity contribution in [3.8, 4) is 0 Å². The molecule has 0 bridgehead atoms. The molecule has 0 spiro atoms. The normalized spacial score (nSPS) is 18.1. The van der Waals surface area contributed by atoms with E-state index in [-0.39, 0.29) is 0 Å². The average molecular weight is 217 g/mol. The van der Waals surface area contributed by atoms with E-state index in [1.54, 1.807) is 0 Å². The molecule has 0 heterocycles. The van der Waals surface area contributed by atoms with Crippen LogP contribution in [0.15, 0.2) is 30.3 Å². The van der Waals surface area contributed by atoms with Gasteiger partial charge in [0.05, 0.1) is 0 Å². The van der Waals surface area contributed by atoms with Crippen molar-refractivity contribution in [1.82, 2.24) is 5.32 Å². The minimum absolute atomic E-state index is 0.676. The first-order valence-corrected chi connectivity index (χ1v) is 6.62. The van der Waals surface area contributed by atoms with Crippen LogP contribution >= 0.6 is 0 Å². The lowest BCUT2D eigenvalue weighted by Gasteiger charge is -2.25. The summed E-state index contributed by atoms with van der Waals surface area (Å²) in [6.07, 6.45) is 5.59. The second-order valence-corrected chi connectivity index (χ2v) is 5.10. The summed E-state index contributed by atoms with van der Waals surface area (Å²) >= 11 is 0. The molecule has 1 aromatic carbocycles. The van der Waals surface area contributed by atoms with Crippen molar-refractivity contribution < 1.29 is 0 Å². The number of benzene rings is 1. The standard InChI is InChI=1S/C15H23N/c1-13(15-8-3-2-4-9-15)10-11-16-12-14-6-5-7-14/h2-4,8-9,13-14,16H,5-7,10-12H2,1H3. The second-order valence-electron chi connectivity index (χ2n) is 5.10. The Balaban J connectivity index is 1.62. The van der Waals surface area contributed by atoms with E-state index in [2.05, 4.69) is 42.6 Å². The first-order valence-electron chi connectivity index (χ1n) is 6.62. The van der Waals surface area contributed by atoms with E-state index < -0.39 is 0 Å². The molecule has 2 rings (SSSR count). The summed E-state index contributed by atoms with van der Waals surface area (Å²) in [6.45, 7) is 4.72. The lowest BCUT2D eigenvalue weighted by Crippen LogP contribution is -2.28. The lowest BCUT2D eigenvalue weighted by molar-refractivity contribution is 0.301. The Kier molecular flexibility index (Phi) is 4.41. The first kappa shape index (κ1) is 11.7. The molecule has 1 aliphatic carbocycles. The molecule has 1 unspecified atom stereocenters. The third-order valence-corrected chi connectivity index (χ3v) is 3.78. The summed E-state index contributed by atoms with van der Waals surface area (Å²) < 4.78 is 0. The number of nitrogens with one attached hydrogen (secondary N) is 1. The molecule has 88 valence electrons. The van der Waals surface area contributed by atoms with Gasteiger partial charge < -0.3 is 5.32 Å². The molecule has 0 saturated heterocycles. The van der Waals surface area contributed by atoms with E-state index in [0.717, 1.165) is 12.5 Å². The van der Waals surface area contributed by atoms with Crippen LogP contribution < -0.4 is 5.32 Å². The highest BCUT2D eigenvalue weighted by atomic mass is 14.9. The van der Waals surface area contributed by atoms with Crippen LogP contribution in [0.25, 0.3) is 0 Å². The summed E-state index contributed by atoms with van der Waals surface area (Å²) in [5.74, 6) is 1.65. The molecule has 0 aromatic heterocycles. The molecule has 1 N–H and O–H groups in total. The van der Waals surface area contributed by atoms with Crippen LogP contribution in [0.4, 0.5) is 0 Å². The van der Waals surface area contributed by atoms with Crippen LogP contribution in [0.1, 0.15) is 44.1 Å². The smallest absolute Gasteiger partial charge is 0.00205 e. The molecule has 16 heavy (non-hydrogen) atoms. The number of hydrogen-bond acceptors (Lipinski definition) is 1. The Morgan fingerprint density at radius 2 is 2.00 bits per heavy atom. The van der Waals surface area contributed by atoms with E-state index in [1.165, 1.54) is 37.8 Å². The van der Waals surface area contributed by atoms with Crippen molar-refractivity contribution in [1.29, 1.82) is 0 Å². The van der Waals surface area contributed by atoms with Gasteiger partial charge in [-0.25, -0.2) is 0 Å². The average Bonchev–Trinajstić information content (AvgIpc) is 2.27. The highest BCUT2D eigenvalue weighted by Crippen LogP contribution is 2.25. The van der Waals surface area contributed by atoms with E-state index in [1.807, 2.05) is 0 Å². The molecular formula is C15H23N. The lowest BCUT2D eigenvalue weighted by atomic mass is 9.85. The van der Waals surface area contributed by atoms with Crippen LogP contribution in [0.2, 0.25) is 0 Å². The zero-order chi connectivity index (χ0) is 11.2. The largest absolute Gasteiger partial charge is 0.316 e. The SMILES string of the molecule is CC(CCNCC1CCC1)c1ccccc1. The Morgan fingerprint density at radius 3 is 2.62 bits per heavy atom. The van der Waals surface area contributed by atoms with Gasteiger partial charge in [0.2, 0.25) is 0 Å². The molecular weight excluding hydrogens is 194 g/mol. The Bertz CT molecular complexity index is 290. The van der Waals surface area contributed by atoms with Crippen molar-refractivity contribution in [3.05, 3.63) is 35.9 Å². The van der Waals surface area contributed by atoms with Gasteiger partial charge in [0, 0.05) is 0 Å². The summed E-state index contributed by atoms with van der Waals surface area (Å²) in [4.78, 5) is 0. The summed E-state index contributed by atoms with van der Waals surface area (Å²) in [7, 11) is 0. The minimum atomic E-state index is 0.676.